The van der Waals surface area contributed by atoms with Crippen LogP contribution in [0.4, 0.5) is 11.5 Å². The van der Waals surface area contributed by atoms with Crippen LogP contribution in [0.3, 0.4) is 0 Å². The highest BCUT2D eigenvalue weighted by atomic mass is 16.1. The zero-order chi connectivity index (χ0) is 18.7. The molecule has 0 radical (unpaired) electrons. The number of aryl methyl sites for hydroxylation is 1. The lowest BCUT2D eigenvalue weighted by atomic mass is 9.99. The number of hydrogen-bond acceptors (Lipinski definition) is 6. The van der Waals surface area contributed by atoms with Gasteiger partial charge in [0.05, 0.1) is 11.1 Å². The highest BCUT2D eigenvalue weighted by Gasteiger charge is 2.13. The molecule has 26 heavy (non-hydrogen) atoms. The van der Waals surface area contributed by atoms with Crippen molar-refractivity contribution in [3.05, 3.63) is 42.2 Å². The Morgan fingerprint density at radius 1 is 1.15 bits per heavy atom. The van der Waals surface area contributed by atoms with Crippen molar-refractivity contribution in [2.75, 3.05) is 24.7 Å². The van der Waals surface area contributed by atoms with Crippen molar-refractivity contribution in [2.45, 2.75) is 19.3 Å². The van der Waals surface area contributed by atoms with Crippen LogP contribution in [0.2, 0.25) is 0 Å². The minimum atomic E-state index is -0.307. The van der Waals surface area contributed by atoms with Crippen LogP contribution in [0.1, 0.15) is 18.4 Å². The number of benzene rings is 1. The SMILES string of the molecule is CN(C)c1ccc(-c2nc3ncnc(N)c3cc2CCCC(N)=O)cc1. The first kappa shape index (κ1) is 17.6. The van der Waals surface area contributed by atoms with Crippen LogP contribution in [0, 0.1) is 0 Å². The number of carbonyl (C=O) groups is 1. The molecule has 134 valence electrons. The van der Waals surface area contributed by atoms with Crippen molar-refractivity contribution in [1.82, 2.24) is 15.0 Å². The van der Waals surface area contributed by atoms with E-state index in [1.54, 1.807) is 0 Å². The van der Waals surface area contributed by atoms with Crippen LogP contribution in [-0.4, -0.2) is 35.0 Å². The summed E-state index contributed by atoms with van der Waals surface area (Å²) in [5.74, 6) is 0.0895. The zero-order valence-electron chi connectivity index (χ0n) is 14.9. The average Bonchev–Trinajstić information content (AvgIpc) is 2.61. The molecule has 7 nitrogen and oxygen atoms in total. The van der Waals surface area contributed by atoms with Gasteiger partial charge >= 0.3 is 0 Å². The molecule has 1 amide bonds. The third-order valence-corrected chi connectivity index (χ3v) is 4.26. The molecule has 0 aliphatic heterocycles. The summed E-state index contributed by atoms with van der Waals surface area (Å²) < 4.78 is 0. The molecule has 2 heterocycles. The van der Waals surface area contributed by atoms with E-state index in [1.807, 2.05) is 49.3 Å². The first-order chi connectivity index (χ1) is 12.5. The van der Waals surface area contributed by atoms with Crippen LogP contribution in [0.25, 0.3) is 22.3 Å². The molecule has 0 aliphatic carbocycles. The van der Waals surface area contributed by atoms with Gasteiger partial charge in [-0.05, 0) is 36.6 Å². The van der Waals surface area contributed by atoms with Gasteiger partial charge in [-0.15, -0.1) is 0 Å². The number of nitrogens with two attached hydrogens (primary N) is 2. The molecule has 2 aromatic heterocycles. The van der Waals surface area contributed by atoms with Gasteiger partial charge in [0.25, 0.3) is 0 Å². The van der Waals surface area contributed by atoms with Crippen molar-refractivity contribution in [3.63, 3.8) is 0 Å². The number of rotatable bonds is 6. The van der Waals surface area contributed by atoms with Gasteiger partial charge in [-0.1, -0.05) is 12.1 Å². The standard InChI is InChI=1S/C19H22N6O/c1-25(2)14-8-6-12(7-9-14)17-13(4-3-5-16(20)26)10-15-18(21)22-11-23-19(15)24-17/h6-11H,3-5H2,1-2H3,(H2,20,26)(H2,21,22,23,24). The number of primary amides is 1. The molecule has 4 N–H and O–H groups in total. The Morgan fingerprint density at radius 3 is 2.54 bits per heavy atom. The van der Waals surface area contributed by atoms with Crippen LogP contribution < -0.4 is 16.4 Å². The second kappa shape index (κ2) is 7.35. The number of carbonyl (C=O) groups excluding carboxylic acids is 1. The third kappa shape index (κ3) is 3.72. The summed E-state index contributed by atoms with van der Waals surface area (Å²) in [4.78, 5) is 26.1. The van der Waals surface area contributed by atoms with E-state index in [1.165, 1.54) is 6.33 Å². The third-order valence-electron chi connectivity index (χ3n) is 4.26. The van der Waals surface area contributed by atoms with Crippen LogP contribution >= 0.6 is 0 Å². The van der Waals surface area contributed by atoms with Crippen LogP contribution in [-0.2, 0) is 11.2 Å². The zero-order valence-corrected chi connectivity index (χ0v) is 14.9. The quantitative estimate of drug-likeness (QED) is 0.704. The van der Waals surface area contributed by atoms with E-state index in [0.29, 0.717) is 30.7 Å². The smallest absolute Gasteiger partial charge is 0.217 e. The molecule has 3 aromatic rings. The van der Waals surface area contributed by atoms with Gasteiger partial charge in [0.2, 0.25) is 5.91 Å². The summed E-state index contributed by atoms with van der Waals surface area (Å²) in [6.07, 6.45) is 3.07. The number of aromatic nitrogens is 3. The van der Waals surface area contributed by atoms with E-state index < -0.39 is 0 Å². The van der Waals surface area contributed by atoms with Crippen molar-refractivity contribution >= 4 is 28.4 Å². The summed E-state index contributed by atoms with van der Waals surface area (Å²) in [5.41, 5.74) is 15.7. The fourth-order valence-electron chi connectivity index (χ4n) is 2.86. The molecule has 7 heteroatoms. The molecule has 3 rings (SSSR count). The van der Waals surface area contributed by atoms with Gasteiger partial charge in [-0.2, -0.15) is 0 Å². The van der Waals surface area contributed by atoms with Gasteiger partial charge < -0.3 is 16.4 Å². The Labute approximate surface area is 152 Å². The van der Waals surface area contributed by atoms with Gasteiger partial charge in [-0.3, -0.25) is 4.79 Å². The number of hydrogen-bond donors (Lipinski definition) is 2. The predicted octanol–water partition coefficient (Wildman–Crippen LogP) is 2.15. The van der Waals surface area contributed by atoms with Crippen molar-refractivity contribution < 1.29 is 4.79 Å². The molecule has 1 aromatic carbocycles. The van der Waals surface area contributed by atoms with E-state index in [9.17, 15) is 4.79 Å². The molecule has 0 atom stereocenters. The largest absolute Gasteiger partial charge is 0.383 e. The Bertz CT molecular complexity index is 937. The first-order valence-electron chi connectivity index (χ1n) is 8.42. The summed E-state index contributed by atoms with van der Waals surface area (Å²) >= 11 is 0. The molecular weight excluding hydrogens is 328 g/mol. The van der Waals surface area contributed by atoms with Gasteiger partial charge in [-0.25, -0.2) is 15.0 Å². The van der Waals surface area contributed by atoms with Gasteiger partial charge in [0.1, 0.15) is 12.1 Å². The second-order valence-corrected chi connectivity index (χ2v) is 6.39. The number of fused-ring (bicyclic) bond motifs is 1. The van der Waals surface area contributed by atoms with E-state index in [4.69, 9.17) is 16.5 Å². The summed E-state index contributed by atoms with van der Waals surface area (Å²) in [5, 5.41) is 0.718. The molecule has 0 unspecified atom stereocenters. The van der Waals surface area contributed by atoms with Gasteiger partial charge in [0, 0.05) is 31.8 Å². The Balaban J connectivity index is 2.06. The fourth-order valence-corrected chi connectivity index (χ4v) is 2.86. The van der Waals surface area contributed by atoms with Gasteiger partial charge in [0.15, 0.2) is 5.65 Å². The maximum atomic E-state index is 11.1. The first-order valence-corrected chi connectivity index (χ1v) is 8.42. The minimum absolute atomic E-state index is 0.307. The lowest BCUT2D eigenvalue weighted by molar-refractivity contribution is -0.118. The van der Waals surface area contributed by atoms with Crippen LogP contribution in [0.15, 0.2) is 36.7 Å². The summed E-state index contributed by atoms with van der Waals surface area (Å²) in [7, 11) is 4.00. The normalized spacial score (nSPS) is 10.8. The summed E-state index contributed by atoms with van der Waals surface area (Å²) in [6.45, 7) is 0. The van der Waals surface area contributed by atoms with E-state index in [-0.39, 0.29) is 5.91 Å². The number of pyridine rings is 1. The molecule has 0 fully saturated rings. The number of amides is 1. The Kier molecular flexibility index (Phi) is 4.97. The predicted molar refractivity (Wildman–Crippen MR) is 104 cm³/mol. The van der Waals surface area contributed by atoms with Crippen molar-refractivity contribution in [1.29, 1.82) is 0 Å². The highest BCUT2D eigenvalue weighted by molar-refractivity contribution is 5.88. The molecule has 0 bridgehead atoms. The molecule has 0 saturated heterocycles. The maximum Gasteiger partial charge on any atom is 0.217 e. The lowest BCUT2D eigenvalue weighted by Gasteiger charge is -2.14. The minimum Gasteiger partial charge on any atom is -0.383 e. The highest BCUT2D eigenvalue weighted by Crippen LogP contribution is 2.29. The van der Waals surface area contributed by atoms with E-state index in [2.05, 4.69) is 9.97 Å². The summed E-state index contributed by atoms with van der Waals surface area (Å²) in [6, 6.07) is 10.1. The number of anilines is 2. The number of nitrogen functional groups attached to an aromatic ring is 1. The average molecular weight is 350 g/mol. The van der Waals surface area contributed by atoms with E-state index in [0.717, 1.165) is 27.9 Å². The molecule has 0 aliphatic rings. The number of nitrogens with zero attached hydrogens (tertiary/aromatic N) is 4. The molecule has 0 saturated carbocycles. The van der Waals surface area contributed by atoms with Crippen molar-refractivity contribution in [3.8, 4) is 11.3 Å². The monoisotopic (exact) mass is 350 g/mol. The topological polar surface area (TPSA) is 111 Å². The van der Waals surface area contributed by atoms with E-state index >= 15 is 0 Å². The Morgan fingerprint density at radius 2 is 1.88 bits per heavy atom. The fraction of sp³-hybridized carbons (Fsp3) is 0.263. The lowest BCUT2D eigenvalue weighted by Crippen LogP contribution is -2.10. The molecule has 0 spiro atoms. The maximum absolute atomic E-state index is 11.1. The molecular formula is C19H22N6O. The van der Waals surface area contributed by atoms with Crippen molar-refractivity contribution in [2.24, 2.45) is 5.73 Å². The van der Waals surface area contributed by atoms with Crippen LogP contribution in [0.5, 0.6) is 0 Å². The second-order valence-electron chi connectivity index (χ2n) is 6.39. The Hall–Kier alpha value is -3.22.